The van der Waals surface area contributed by atoms with Gasteiger partial charge in [0.15, 0.2) is 12.4 Å². The highest BCUT2D eigenvalue weighted by molar-refractivity contribution is 6.06. The molecule has 3 rings (SSSR count). The Bertz CT molecular complexity index is 969. The molecule has 0 atom stereocenters. The van der Waals surface area contributed by atoms with Gasteiger partial charge in [0.2, 0.25) is 0 Å². The second-order valence-electron chi connectivity index (χ2n) is 6.01. The number of allylic oxidation sites excluding steroid dienone is 1. The van der Waals surface area contributed by atoms with Crippen LogP contribution in [0.15, 0.2) is 84.9 Å². The molecule has 0 unspecified atom stereocenters. The third kappa shape index (κ3) is 5.58. The zero-order chi connectivity index (χ0) is 19.6. The average molecular weight is 369 g/mol. The van der Waals surface area contributed by atoms with E-state index in [2.05, 4.69) is 0 Å². The van der Waals surface area contributed by atoms with Gasteiger partial charge in [-0.05, 0) is 53.6 Å². The highest BCUT2D eigenvalue weighted by Crippen LogP contribution is 2.16. The van der Waals surface area contributed by atoms with Gasteiger partial charge in [-0.25, -0.2) is 0 Å². The van der Waals surface area contributed by atoms with E-state index >= 15 is 0 Å². The summed E-state index contributed by atoms with van der Waals surface area (Å²) in [6.07, 6.45) is 3.30. The lowest BCUT2D eigenvalue weighted by Gasteiger charge is -2.06. The van der Waals surface area contributed by atoms with E-state index < -0.39 is 0 Å². The fourth-order valence-corrected chi connectivity index (χ4v) is 2.52. The van der Waals surface area contributed by atoms with Gasteiger partial charge >= 0.3 is 0 Å². The van der Waals surface area contributed by atoms with E-state index in [1.54, 1.807) is 30.3 Å². The van der Waals surface area contributed by atoms with Crippen LogP contribution >= 0.6 is 0 Å². The Morgan fingerprint density at radius 1 is 0.857 bits per heavy atom. The fraction of sp³-hybridized carbons (Fsp3) is 0.0833. The molecule has 0 aliphatic rings. The number of hydrogen-bond acceptors (Lipinski definition) is 4. The Morgan fingerprint density at radius 2 is 1.50 bits per heavy atom. The van der Waals surface area contributed by atoms with Crippen LogP contribution in [0, 0.1) is 11.3 Å². The van der Waals surface area contributed by atoms with Gasteiger partial charge in [0.25, 0.3) is 0 Å². The third-order valence-electron chi connectivity index (χ3n) is 4.00. The monoisotopic (exact) mass is 369 g/mol. The summed E-state index contributed by atoms with van der Waals surface area (Å²) < 4.78 is 10.9. The van der Waals surface area contributed by atoms with E-state index in [1.807, 2.05) is 60.7 Å². The average Bonchev–Trinajstić information content (AvgIpc) is 2.76. The molecule has 4 heteroatoms. The Kier molecular flexibility index (Phi) is 6.59. The van der Waals surface area contributed by atoms with Gasteiger partial charge in [-0.2, -0.15) is 5.26 Å². The third-order valence-corrected chi connectivity index (χ3v) is 4.00. The number of ether oxygens (including phenoxy) is 2. The minimum Gasteiger partial charge on any atom is -0.489 e. The first-order valence-corrected chi connectivity index (χ1v) is 8.83. The summed E-state index contributed by atoms with van der Waals surface area (Å²) >= 11 is 0. The van der Waals surface area contributed by atoms with Crippen molar-refractivity contribution < 1.29 is 14.3 Å². The number of carbonyl (C=O) groups is 1. The Hall–Kier alpha value is -3.84. The maximum atomic E-state index is 12.3. The van der Waals surface area contributed by atoms with Crippen LogP contribution in [0.5, 0.6) is 11.5 Å². The van der Waals surface area contributed by atoms with E-state index in [4.69, 9.17) is 14.7 Å². The van der Waals surface area contributed by atoms with Gasteiger partial charge in [0.1, 0.15) is 24.2 Å². The molecular weight excluding hydrogens is 350 g/mol. The van der Waals surface area contributed by atoms with Crippen LogP contribution in [-0.4, -0.2) is 12.4 Å². The maximum absolute atomic E-state index is 12.3. The molecule has 0 heterocycles. The van der Waals surface area contributed by atoms with E-state index in [0.717, 1.165) is 16.9 Å². The Balaban J connectivity index is 1.55. The largest absolute Gasteiger partial charge is 0.489 e. The van der Waals surface area contributed by atoms with Crippen LogP contribution in [0.4, 0.5) is 0 Å². The molecule has 0 amide bonds. The summed E-state index contributed by atoms with van der Waals surface area (Å²) in [7, 11) is 0. The Morgan fingerprint density at radius 3 is 2.18 bits per heavy atom. The first-order chi connectivity index (χ1) is 13.7. The van der Waals surface area contributed by atoms with Crippen molar-refractivity contribution >= 4 is 11.9 Å². The van der Waals surface area contributed by atoms with Gasteiger partial charge < -0.3 is 9.47 Å². The molecule has 0 aromatic heterocycles. The minimum absolute atomic E-state index is 0.0156. The molecule has 0 aliphatic heterocycles. The predicted octanol–water partition coefficient (Wildman–Crippen LogP) is 5.06. The lowest BCUT2D eigenvalue weighted by molar-refractivity contribution is 0.104. The van der Waals surface area contributed by atoms with Gasteiger partial charge in [-0.1, -0.05) is 48.5 Å². The van der Waals surface area contributed by atoms with Crippen LogP contribution in [0.1, 0.15) is 21.5 Å². The number of nitriles is 1. The smallest absolute Gasteiger partial charge is 0.185 e. The zero-order valence-electron chi connectivity index (χ0n) is 15.2. The summed E-state index contributed by atoms with van der Waals surface area (Å²) in [4.78, 5) is 12.3. The van der Waals surface area contributed by atoms with Crippen LogP contribution in [0.25, 0.3) is 6.08 Å². The van der Waals surface area contributed by atoms with Crippen molar-refractivity contribution in [2.75, 3.05) is 6.61 Å². The molecule has 0 spiro atoms. The van der Waals surface area contributed by atoms with Crippen LogP contribution in [0.3, 0.4) is 0 Å². The lowest BCUT2D eigenvalue weighted by atomic mass is 10.1. The minimum atomic E-state index is -0.101. The van der Waals surface area contributed by atoms with Crippen LogP contribution in [-0.2, 0) is 6.61 Å². The van der Waals surface area contributed by atoms with Gasteiger partial charge in [0, 0.05) is 5.56 Å². The van der Waals surface area contributed by atoms with Gasteiger partial charge in [-0.15, -0.1) is 0 Å². The second-order valence-corrected chi connectivity index (χ2v) is 6.01. The molecule has 0 N–H and O–H groups in total. The molecule has 0 bridgehead atoms. The summed E-state index contributed by atoms with van der Waals surface area (Å²) in [5, 5.41) is 8.50. The van der Waals surface area contributed by atoms with Crippen molar-refractivity contribution in [1.82, 2.24) is 0 Å². The number of hydrogen-bond donors (Lipinski definition) is 0. The SMILES string of the molecule is N#CCOc1ccc(C(=O)/C=C/c2ccc(OCc3ccccc3)cc2)cc1. The summed E-state index contributed by atoms with van der Waals surface area (Å²) in [6, 6.07) is 26.2. The molecule has 0 fully saturated rings. The normalized spacial score (nSPS) is 10.4. The lowest BCUT2D eigenvalue weighted by Crippen LogP contribution is -1.96. The molecule has 0 saturated heterocycles. The molecular formula is C24H19NO3. The maximum Gasteiger partial charge on any atom is 0.185 e. The van der Waals surface area contributed by atoms with Crippen molar-refractivity contribution in [3.63, 3.8) is 0 Å². The van der Waals surface area contributed by atoms with Gasteiger partial charge in [-0.3, -0.25) is 4.79 Å². The van der Waals surface area contributed by atoms with Crippen molar-refractivity contribution in [1.29, 1.82) is 5.26 Å². The number of benzene rings is 3. The van der Waals surface area contributed by atoms with E-state index in [0.29, 0.717) is 17.9 Å². The number of ketones is 1. The summed E-state index contributed by atoms with van der Waals surface area (Å²) in [5.74, 6) is 1.24. The Labute approximate surface area is 164 Å². The second kappa shape index (κ2) is 9.75. The molecule has 3 aromatic carbocycles. The van der Waals surface area contributed by atoms with Gasteiger partial charge in [0.05, 0.1) is 0 Å². The molecule has 138 valence electrons. The first-order valence-electron chi connectivity index (χ1n) is 8.83. The highest BCUT2D eigenvalue weighted by atomic mass is 16.5. The first kappa shape index (κ1) is 18.9. The topological polar surface area (TPSA) is 59.3 Å². The highest BCUT2D eigenvalue weighted by Gasteiger charge is 2.02. The number of carbonyl (C=O) groups excluding carboxylic acids is 1. The number of rotatable bonds is 8. The summed E-state index contributed by atoms with van der Waals surface area (Å²) in [5.41, 5.74) is 2.58. The van der Waals surface area contributed by atoms with Crippen molar-refractivity contribution in [3.8, 4) is 17.6 Å². The van der Waals surface area contributed by atoms with Crippen LogP contribution < -0.4 is 9.47 Å². The standard InChI is InChI=1S/C24H19NO3/c25-16-17-27-22-13-9-21(10-14-22)24(26)15-8-19-6-11-23(12-7-19)28-18-20-4-2-1-3-5-20/h1-15H,17-18H2/b15-8+. The van der Waals surface area contributed by atoms with Crippen molar-refractivity contribution in [2.45, 2.75) is 6.61 Å². The summed E-state index contributed by atoms with van der Waals surface area (Å²) in [6.45, 7) is 0.501. The van der Waals surface area contributed by atoms with E-state index in [9.17, 15) is 4.79 Å². The molecule has 4 nitrogen and oxygen atoms in total. The van der Waals surface area contributed by atoms with E-state index in [1.165, 1.54) is 6.08 Å². The fourth-order valence-electron chi connectivity index (χ4n) is 2.52. The predicted molar refractivity (Wildman–Crippen MR) is 108 cm³/mol. The van der Waals surface area contributed by atoms with Crippen molar-refractivity contribution in [3.05, 3.63) is 102 Å². The number of nitrogens with zero attached hydrogens (tertiary/aromatic N) is 1. The zero-order valence-corrected chi connectivity index (χ0v) is 15.2. The van der Waals surface area contributed by atoms with E-state index in [-0.39, 0.29) is 12.4 Å². The van der Waals surface area contributed by atoms with Crippen LogP contribution in [0.2, 0.25) is 0 Å². The quantitative estimate of drug-likeness (QED) is 0.411. The molecule has 0 aliphatic carbocycles. The molecule has 0 saturated carbocycles. The molecule has 28 heavy (non-hydrogen) atoms. The molecule has 0 radical (unpaired) electrons. The molecule has 3 aromatic rings. The van der Waals surface area contributed by atoms with Crippen molar-refractivity contribution in [2.24, 2.45) is 0 Å².